The van der Waals surface area contributed by atoms with Crippen LogP contribution in [0, 0.1) is 16.0 Å². The van der Waals surface area contributed by atoms with Crippen LogP contribution in [0.4, 0.5) is 17.3 Å². The lowest BCUT2D eigenvalue weighted by atomic mass is 9.89. The van der Waals surface area contributed by atoms with Crippen molar-refractivity contribution in [3.05, 3.63) is 22.2 Å². The maximum atomic E-state index is 11.2. The Kier molecular flexibility index (Phi) is 4.31. The number of pyridine rings is 1. The van der Waals surface area contributed by atoms with Crippen LogP contribution in [0.25, 0.3) is 0 Å². The molecular formula is C15H21N5O3. The van der Waals surface area contributed by atoms with Gasteiger partial charge in [-0.25, -0.2) is 4.98 Å². The topological polar surface area (TPSA) is 106 Å². The molecule has 0 aromatic carbocycles. The largest absolute Gasteiger partial charge is 0.378 e. The number of carbonyl (C=O) groups is 1. The number of nitrogens with zero attached hydrogens (tertiary/aromatic N) is 4. The molecule has 2 fully saturated rings. The van der Waals surface area contributed by atoms with Gasteiger partial charge in [0.05, 0.1) is 4.92 Å². The number of nitro groups is 1. The summed E-state index contributed by atoms with van der Waals surface area (Å²) in [5, 5.41) is 10.8. The predicted molar refractivity (Wildman–Crippen MR) is 86.0 cm³/mol. The van der Waals surface area contributed by atoms with Crippen LogP contribution in [-0.2, 0) is 4.79 Å². The zero-order valence-corrected chi connectivity index (χ0v) is 12.9. The van der Waals surface area contributed by atoms with E-state index >= 15 is 0 Å². The number of carbonyl (C=O) groups excluding carboxylic acids is 1. The smallest absolute Gasteiger partial charge is 0.311 e. The van der Waals surface area contributed by atoms with E-state index in [4.69, 9.17) is 5.73 Å². The number of nitrogens with two attached hydrogens (primary N) is 1. The maximum Gasteiger partial charge on any atom is 0.311 e. The third-order valence-corrected chi connectivity index (χ3v) is 4.89. The van der Waals surface area contributed by atoms with Crippen molar-refractivity contribution in [1.82, 2.24) is 9.88 Å². The lowest BCUT2D eigenvalue weighted by Crippen LogP contribution is -2.45. The molecule has 2 aliphatic heterocycles. The highest BCUT2D eigenvalue weighted by Gasteiger charge is 2.34. The van der Waals surface area contributed by atoms with Gasteiger partial charge in [0, 0.05) is 31.7 Å². The van der Waals surface area contributed by atoms with Gasteiger partial charge in [0.2, 0.25) is 12.2 Å². The second-order valence-electron chi connectivity index (χ2n) is 6.23. The minimum Gasteiger partial charge on any atom is -0.378 e. The average Bonchev–Trinajstić information content (AvgIpc) is 3.03. The van der Waals surface area contributed by atoms with Gasteiger partial charge in [-0.15, -0.1) is 0 Å². The third kappa shape index (κ3) is 3.06. The first-order valence-corrected chi connectivity index (χ1v) is 7.97. The molecule has 0 radical (unpaired) electrons. The number of anilines is 2. The molecule has 1 unspecified atom stereocenters. The normalized spacial score (nSPS) is 24.7. The molecule has 1 aromatic heterocycles. The molecule has 2 saturated heterocycles. The first kappa shape index (κ1) is 15.5. The SMILES string of the molecule is Nc1nc(N2CCCC([C@H]3CCCN3C=O)C2)ccc1[N+](=O)[O-]. The van der Waals surface area contributed by atoms with Crippen molar-refractivity contribution < 1.29 is 9.72 Å². The van der Waals surface area contributed by atoms with Crippen molar-refractivity contribution in [2.75, 3.05) is 30.3 Å². The molecule has 8 nitrogen and oxygen atoms in total. The zero-order valence-electron chi connectivity index (χ0n) is 12.9. The van der Waals surface area contributed by atoms with Crippen molar-refractivity contribution >= 4 is 23.7 Å². The molecule has 3 heterocycles. The number of rotatable bonds is 4. The van der Waals surface area contributed by atoms with Crippen molar-refractivity contribution in [2.24, 2.45) is 5.92 Å². The quantitative estimate of drug-likeness (QED) is 0.511. The van der Waals surface area contributed by atoms with Gasteiger partial charge in [-0.05, 0) is 37.7 Å². The highest BCUT2D eigenvalue weighted by molar-refractivity contribution is 5.58. The van der Waals surface area contributed by atoms with Crippen molar-refractivity contribution in [3.8, 4) is 0 Å². The van der Waals surface area contributed by atoms with E-state index in [2.05, 4.69) is 9.88 Å². The van der Waals surface area contributed by atoms with E-state index in [0.29, 0.717) is 17.8 Å². The number of likely N-dealkylation sites (tertiary alicyclic amines) is 1. The Morgan fingerprint density at radius 3 is 2.78 bits per heavy atom. The summed E-state index contributed by atoms with van der Waals surface area (Å²) in [6.07, 6.45) is 5.18. The Morgan fingerprint density at radius 2 is 2.09 bits per heavy atom. The first-order chi connectivity index (χ1) is 11.1. The predicted octanol–water partition coefficient (Wildman–Crippen LogP) is 1.41. The second kappa shape index (κ2) is 6.39. The minimum absolute atomic E-state index is 0.0509. The molecule has 0 aliphatic carbocycles. The number of hydrogen-bond acceptors (Lipinski definition) is 6. The van der Waals surface area contributed by atoms with Crippen LogP contribution < -0.4 is 10.6 Å². The Hall–Kier alpha value is -2.38. The van der Waals surface area contributed by atoms with E-state index in [1.165, 1.54) is 6.07 Å². The van der Waals surface area contributed by atoms with E-state index in [1.807, 2.05) is 4.90 Å². The van der Waals surface area contributed by atoms with Crippen LogP contribution in [0.5, 0.6) is 0 Å². The molecule has 1 amide bonds. The molecule has 1 aromatic rings. The number of piperidine rings is 1. The average molecular weight is 319 g/mol. The summed E-state index contributed by atoms with van der Waals surface area (Å²) in [4.78, 5) is 29.7. The van der Waals surface area contributed by atoms with Gasteiger partial charge in [0.15, 0.2) is 0 Å². The molecule has 8 heteroatoms. The molecule has 2 aliphatic rings. The first-order valence-electron chi connectivity index (χ1n) is 7.97. The Labute approximate surface area is 134 Å². The van der Waals surface area contributed by atoms with Gasteiger partial charge in [0.1, 0.15) is 5.82 Å². The zero-order chi connectivity index (χ0) is 16.4. The number of hydrogen-bond donors (Lipinski definition) is 1. The van der Waals surface area contributed by atoms with Crippen LogP contribution in [0.2, 0.25) is 0 Å². The fourth-order valence-corrected chi connectivity index (χ4v) is 3.77. The fraction of sp³-hybridized carbons (Fsp3) is 0.600. The van der Waals surface area contributed by atoms with Crippen LogP contribution in [-0.4, -0.2) is 46.9 Å². The van der Waals surface area contributed by atoms with E-state index in [1.54, 1.807) is 6.07 Å². The van der Waals surface area contributed by atoms with Crippen LogP contribution >= 0.6 is 0 Å². The molecule has 0 saturated carbocycles. The Balaban J connectivity index is 1.74. The number of nitrogen functional groups attached to an aromatic ring is 1. The molecule has 2 N–H and O–H groups in total. The van der Waals surface area contributed by atoms with Gasteiger partial charge in [-0.3, -0.25) is 14.9 Å². The molecule has 124 valence electrons. The van der Waals surface area contributed by atoms with Gasteiger partial charge < -0.3 is 15.5 Å². The summed E-state index contributed by atoms with van der Waals surface area (Å²) < 4.78 is 0. The standard InChI is InChI=1S/C15H21N5O3/c16-15-13(20(22)23)5-6-14(17-15)18-7-1-3-11(9-18)12-4-2-8-19(12)10-21/h5-6,10-12H,1-4,7-9H2,(H2,16,17)/t11?,12-/m1/s1. The van der Waals surface area contributed by atoms with Gasteiger partial charge in [-0.1, -0.05) is 0 Å². The fourth-order valence-electron chi connectivity index (χ4n) is 3.77. The summed E-state index contributed by atoms with van der Waals surface area (Å²) in [7, 11) is 0. The molecule has 23 heavy (non-hydrogen) atoms. The summed E-state index contributed by atoms with van der Waals surface area (Å²) in [5.74, 6) is 1.04. The molecule has 2 atom stereocenters. The van der Waals surface area contributed by atoms with E-state index in [9.17, 15) is 14.9 Å². The Morgan fingerprint density at radius 1 is 1.30 bits per heavy atom. The molecule has 0 bridgehead atoms. The summed E-state index contributed by atoms with van der Waals surface area (Å²) in [6.45, 7) is 2.50. The molecule has 0 spiro atoms. The van der Waals surface area contributed by atoms with Gasteiger partial charge >= 0.3 is 5.69 Å². The van der Waals surface area contributed by atoms with Crippen LogP contribution in [0.1, 0.15) is 25.7 Å². The van der Waals surface area contributed by atoms with Gasteiger partial charge in [-0.2, -0.15) is 0 Å². The lowest BCUT2D eigenvalue weighted by molar-refractivity contribution is -0.384. The number of aromatic nitrogens is 1. The van der Waals surface area contributed by atoms with E-state index < -0.39 is 4.92 Å². The minimum atomic E-state index is -0.522. The summed E-state index contributed by atoms with van der Waals surface area (Å²) in [5.41, 5.74) is 5.53. The monoisotopic (exact) mass is 319 g/mol. The molecule has 3 rings (SSSR count). The van der Waals surface area contributed by atoms with E-state index in [0.717, 1.165) is 51.7 Å². The highest BCUT2D eigenvalue weighted by atomic mass is 16.6. The highest BCUT2D eigenvalue weighted by Crippen LogP contribution is 2.32. The summed E-state index contributed by atoms with van der Waals surface area (Å²) >= 11 is 0. The van der Waals surface area contributed by atoms with Crippen molar-refractivity contribution in [3.63, 3.8) is 0 Å². The lowest BCUT2D eigenvalue weighted by Gasteiger charge is -2.38. The second-order valence-corrected chi connectivity index (χ2v) is 6.23. The third-order valence-electron chi connectivity index (χ3n) is 4.89. The van der Waals surface area contributed by atoms with Crippen LogP contribution in [0.3, 0.4) is 0 Å². The Bertz CT molecular complexity index is 609. The van der Waals surface area contributed by atoms with Gasteiger partial charge in [0.25, 0.3) is 0 Å². The number of amides is 1. The summed E-state index contributed by atoms with van der Waals surface area (Å²) in [6, 6.07) is 3.36. The van der Waals surface area contributed by atoms with Crippen molar-refractivity contribution in [1.29, 1.82) is 0 Å². The van der Waals surface area contributed by atoms with Crippen molar-refractivity contribution in [2.45, 2.75) is 31.7 Å². The van der Waals surface area contributed by atoms with Crippen LogP contribution in [0.15, 0.2) is 12.1 Å². The molecular weight excluding hydrogens is 298 g/mol. The maximum absolute atomic E-state index is 11.2. The van der Waals surface area contributed by atoms with E-state index in [-0.39, 0.29) is 11.5 Å².